The van der Waals surface area contributed by atoms with E-state index in [4.69, 9.17) is 11.6 Å². The molecule has 0 aliphatic rings. The van der Waals surface area contributed by atoms with Crippen molar-refractivity contribution in [2.24, 2.45) is 0 Å². The highest BCUT2D eigenvalue weighted by atomic mass is 35.5. The Morgan fingerprint density at radius 1 is 1.12 bits per heavy atom. The fourth-order valence-electron chi connectivity index (χ4n) is 2.78. The lowest BCUT2D eigenvalue weighted by Gasteiger charge is -2.11. The van der Waals surface area contributed by atoms with Crippen LogP contribution < -0.4 is 16.0 Å². The largest absolute Gasteiger partial charge is 0.417 e. The molecule has 0 bridgehead atoms. The summed E-state index contributed by atoms with van der Waals surface area (Å²) in [5, 5.41) is 9.96. The van der Waals surface area contributed by atoms with E-state index in [0.717, 1.165) is 33.0 Å². The maximum atomic E-state index is 13.0. The molecule has 32 heavy (non-hydrogen) atoms. The zero-order valence-electron chi connectivity index (χ0n) is 16.0. The number of rotatable bonds is 6. The number of anilines is 3. The Labute approximate surface area is 192 Å². The summed E-state index contributed by atoms with van der Waals surface area (Å²) in [7, 11) is 0. The van der Waals surface area contributed by atoms with E-state index in [1.807, 2.05) is 11.4 Å². The van der Waals surface area contributed by atoms with Gasteiger partial charge in [-0.05, 0) is 29.6 Å². The highest BCUT2D eigenvalue weighted by Gasteiger charge is 2.33. The number of thiophene rings is 1. The van der Waals surface area contributed by atoms with Gasteiger partial charge in [-0.25, -0.2) is 19.7 Å². The van der Waals surface area contributed by atoms with E-state index >= 15 is 0 Å². The number of halogens is 4. The molecule has 0 saturated carbocycles. The van der Waals surface area contributed by atoms with E-state index < -0.39 is 22.8 Å². The van der Waals surface area contributed by atoms with Gasteiger partial charge in [-0.15, -0.1) is 22.7 Å². The number of thiazole rings is 1. The number of hydrogen-bond donors (Lipinski definition) is 3. The summed E-state index contributed by atoms with van der Waals surface area (Å²) in [6.45, 7) is 0.600. The fraction of sp³-hybridized carbons (Fsp3) is 0.158. The van der Waals surface area contributed by atoms with E-state index in [0.29, 0.717) is 18.1 Å². The van der Waals surface area contributed by atoms with Gasteiger partial charge in [0.2, 0.25) is 0 Å². The molecule has 0 spiro atoms. The lowest BCUT2D eigenvalue weighted by atomic mass is 10.2. The number of carbonyl (C=O) groups is 1. The van der Waals surface area contributed by atoms with E-state index in [1.165, 1.54) is 23.7 Å². The smallest absolute Gasteiger partial charge is 0.368 e. The first kappa shape index (κ1) is 22.2. The molecule has 0 aliphatic heterocycles. The topological polar surface area (TPSA) is 91.8 Å². The number of urea groups is 1. The summed E-state index contributed by atoms with van der Waals surface area (Å²) in [6, 6.07) is 4.36. The van der Waals surface area contributed by atoms with Gasteiger partial charge in [0.05, 0.1) is 20.8 Å². The molecule has 4 rings (SSSR count). The average Bonchev–Trinajstić information content (AvgIpc) is 3.38. The number of benzene rings is 1. The highest BCUT2D eigenvalue weighted by Crippen LogP contribution is 2.36. The Morgan fingerprint density at radius 2 is 1.97 bits per heavy atom. The van der Waals surface area contributed by atoms with Crippen LogP contribution in [0.3, 0.4) is 0 Å². The summed E-state index contributed by atoms with van der Waals surface area (Å²) in [6.07, 6.45) is -0.843. The minimum atomic E-state index is -4.62. The van der Waals surface area contributed by atoms with Crippen LogP contribution in [-0.2, 0) is 12.6 Å². The molecule has 0 unspecified atom stereocenters. The molecule has 166 valence electrons. The van der Waals surface area contributed by atoms with Crippen LogP contribution in [0.4, 0.5) is 34.6 Å². The van der Waals surface area contributed by atoms with E-state index in [-0.39, 0.29) is 5.69 Å². The van der Waals surface area contributed by atoms with Crippen LogP contribution in [0.1, 0.15) is 10.4 Å². The van der Waals surface area contributed by atoms with Gasteiger partial charge in [-0.2, -0.15) is 13.2 Å². The lowest BCUT2D eigenvalue weighted by molar-refractivity contribution is -0.137. The Hall–Kier alpha value is -2.96. The third-order valence-electron chi connectivity index (χ3n) is 4.21. The second kappa shape index (κ2) is 9.27. The van der Waals surface area contributed by atoms with Crippen molar-refractivity contribution in [3.63, 3.8) is 0 Å². The number of hydrogen-bond acceptors (Lipinski definition) is 7. The number of alkyl halides is 3. The average molecular weight is 499 g/mol. The third kappa shape index (κ3) is 5.26. The minimum Gasteiger partial charge on any atom is -0.368 e. The summed E-state index contributed by atoms with van der Waals surface area (Å²) in [5.41, 5.74) is -0.180. The van der Waals surface area contributed by atoms with Crippen LogP contribution in [0, 0.1) is 0 Å². The first-order chi connectivity index (χ1) is 15.3. The van der Waals surface area contributed by atoms with Crippen molar-refractivity contribution >= 4 is 67.2 Å². The zero-order valence-corrected chi connectivity index (χ0v) is 18.4. The Bertz CT molecular complexity index is 1260. The molecule has 2 amide bonds. The molecule has 7 nitrogen and oxygen atoms in total. The van der Waals surface area contributed by atoms with Gasteiger partial charge in [0, 0.05) is 29.7 Å². The summed E-state index contributed by atoms with van der Waals surface area (Å²) >= 11 is 8.41. The Morgan fingerprint density at radius 3 is 2.78 bits per heavy atom. The normalized spacial score (nSPS) is 11.5. The molecular weight excluding hydrogens is 485 g/mol. The minimum absolute atomic E-state index is 0.0371. The first-order valence-corrected chi connectivity index (χ1v) is 11.2. The predicted molar refractivity (Wildman–Crippen MR) is 121 cm³/mol. The number of amides is 2. The monoisotopic (exact) mass is 498 g/mol. The number of fused-ring (bicyclic) bond motifs is 1. The fourth-order valence-corrected chi connectivity index (χ4v) is 4.62. The number of nitrogens with one attached hydrogen (secondary N) is 3. The van der Waals surface area contributed by atoms with E-state index in [1.54, 1.807) is 17.5 Å². The molecule has 3 heterocycles. The predicted octanol–water partition coefficient (Wildman–Crippen LogP) is 6.12. The molecule has 0 fully saturated rings. The lowest BCUT2D eigenvalue weighted by Crippen LogP contribution is -2.19. The van der Waals surface area contributed by atoms with Crippen molar-refractivity contribution in [1.82, 2.24) is 15.0 Å². The standard InChI is InChI=1S/C19H14ClF3N6OS2/c20-13-2-1-10(7-12(13)19(21,22)23)28-17(30)29-18-25-8-11(32-18)3-5-24-16-15-14(4-6-31-15)26-9-27-16/h1-2,4,6-9H,3,5H2,(H,24,26,27)(H2,25,28,29,30). The quantitative estimate of drug-likeness (QED) is 0.298. The molecule has 4 aromatic rings. The van der Waals surface area contributed by atoms with E-state index in [2.05, 4.69) is 30.9 Å². The number of nitrogens with zero attached hydrogens (tertiary/aromatic N) is 3. The van der Waals surface area contributed by atoms with Crippen molar-refractivity contribution in [3.05, 3.63) is 57.6 Å². The van der Waals surface area contributed by atoms with E-state index in [9.17, 15) is 18.0 Å². The number of aromatic nitrogens is 3. The van der Waals surface area contributed by atoms with Crippen LogP contribution in [0.15, 0.2) is 42.2 Å². The maximum absolute atomic E-state index is 13.0. The first-order valence-electron chi connectivity index (χ1n) is 9.11. The van der Waals surface area contributed by atoms with Crippen molar-refractivity contribution in [2.75, 3.05) is 22.5 Å². The van der Waals surface area contributed by atoms with Crippen molar-refractivity contribution in [1.29, 1.82) is 0 Å². The Balaban J connectivity index is 1.31. The summed E-state index contributed by atoms with van der Waals surface area (Å²) in [4.78, 5) is 25.6. The maximum Gasteiger partial charge on any atom is 0.417 e. The highest BCUT2D eigenvalue weighted by molar-refractivity contribution is 7.17. The summed E-state index contributed by atoms with van der Waals surface area (Å²) in [5.74, 6) is 0.758. The second-order valence-corrected chi connectivity index (χ2v) is 8.88. The number of carbonyl (C=O) groups excluding carboxylic acids is 1. The molecule has 0 atom stereocenters. The van der Waals surface area contributed by atoms with Crippen molar-refractivity contribution in [2.45, 2.75) is 12.6 Å². The van der Waals surface area contributed by atoms with Gasteiger partial charge >= 0.3 is 12.2 Å². The van der Waals surface area contributed by atoms with Crippen molar-refractivity contribution < 1.29 is 18.0 Å². The van der Waals surface area contributed by atoms with Crippen LogP contribution in [0.5, 0.6) is 0 Å². The van der Waals surface area contributed by atoms with Crippen LogP contribution in [0.25, 0.3) is 10.2 Å². The second-order valence-electron chi connectivity index (χ2n) is 6.44. The zero-order chi connectivity index (χ0) is 22.7. The van der Waals surface area contributed by atoms with Gasteiger partial charge in [0.15, 0.2) is 5.13 Å². The Kier molecular flexibility index (Phi) is 6.44. The van der Waals surface area contributed by atoms with Crippen LogP contribution >= 0.6 is 34.3 Å². The molecule has 3 N–H and O–H groups in total. The molecule has 0 aliphatic carbocycles. The van der Waals surface area contributed by atoms with Gasteiger partial charge in [-0.3, -0.25) is 5.32 Å². The molecule has 1 aromatic carbocycles. The molecule has 3 aromatic heterocycles. The third-order valence-corrected chi connectivity index (χ3v) is 6.42. The summed E-state index contributed by atoms with van der Waals surface area (Å²) < 4.78 is 39.8. The molecule has 13 heteroatoms. The SMILES string of the molecule is O=C(Nc1ccc(Cl)c(C(F)(F)F)c1)Nc1ncc(CCNc2ncnc3ccsc23)s1. The molecular formula is C19H14ClF3N6OS2. The van der Waals surface area contributed by atoms with Gasteiger partial charge in [0.1, 0.15) is 12.1 Å². The molecule has 0 radical (unpaired) electrons. The van der Waals surface area contributed by atoms with Crippen LogP contribution in [0.2, 0.25) is 5.02 Å². The van der Waals surface area contributed by atoms with Crippen molar-refractivity contribution in [3.8, 4) is 0 Å². The molecule has 0 saturated heterocycles. The van der Waals surface area contributed by atoms with Gasteiger partial charge in [0.25, 0.3) is 0 Å². The van der Waals surface area contributed by atoms with Crippen LogP contribution in [-0.4, -0.2) is 27.5 Å². The van der Waals surface area contributed by atoms with Gasteiger partial charge < -0.3 is 10.6 Å². The van der Waals surface area contributed by atoms with Gasteiger partial charge in [-0.1, -0.05) is 11.6 Å².